The number of nitrogens with one attached hydrogen (secondary N) is 2. The Morgan fingerprint density at radius 3 is 2.20 bits per heavy atom. The summed E-state index contributed by atoms with van der Waals surface area (Å²) >= 11 is 0. The van der Waals surface area contributed by atoms with Gasteiger partial charge >= 0.3 is 0 Å². The summed E-state index contributed by atoms with van der Waals surface area (Å²) < 4.78 is 26.9. The summed E-state index contributed by atoms with van der Waals surface area (Å²) in [6, 6.07) is 16.7. The Hall–Kier alpha value is -4.07. The molecule has 3 aromatic carbocycles. The number of rotatable bonds is 5. The second-order valence-electron chi connectivity index (χ2n) is 8.99. The lowest BCUT2D eigenvalue weighted by molar-refractivity contribution is -0.143. The molecule has 1 aliphatic rings. The molecule has 0 fully saturated rings. The minimum absolute atomic E-state index is 0.159. The van der Waals surface area contributed by atoms with Gasteiger partial charge in [0.25, 0.3) is 5.91 Å². The second-order valence-corrected chi connectivity index (χ2v) is 8.99. The highest BCUT2D eigenvalue weighted by Gasteiger charge is 2.40. The van der Waals surface area contributed by atoms with Gasteiger partial charge in [0.05, 0.1) is 5.69 Å². The summed E-state index contributed by atoms with van der Waals surface area (Å²) in [5, 5.41) is 5.31. The van der Waals surface area contributed by atoms with Crippen molar-refractivity contribution in [3.05, 3.63) is 89.5 Å². The molecule has 4 rings (SSSR count). The number of para-hydroxylation sites is 1. The van der Waals surface area contributed by atoms with E-state index in [-0.39, 0.29) is 18.0 Å². The maximum absolute atomic E-state index is 13.4. The van der Waals surface area contributed by atoms with Gasteiger partial charge in [-0.15, -0.1) is 0 Å². The standard InChI is InChI=1S/C27H25F2N3O3/c1-27(2,25(34)30-15-16-12-17(28)14-18(29)13-16)26(35)31-23-21-10-5-4-8-19(21)20-9-6-7-11-22(20)32(3)24(23)33/h4-14,23H,15H2,1-3H3,(H,30,34)(H,31,35). The molecule has 180 valence electrons. The zero-order valence-corrected chi connectivity index (χ0v) is 19.6. The third kappa shape index (κ3) is 4.64. The van der Waals surface area contributed by atoms with E-state index < -0.39 is 34.9 Å². The molecule has 3 aromatic rings. The van der Waals surface area contributed by atoms with E-state index >= 15 is 0 Å². The van der Waals surface area contributed by atoms with E-state index in [4.69, 9.17) is 0 Å². The first kappa shape index (κ1) is 24.1. The average Bonchev–Trinajstić information content (AvgIpc) is 2.91. The zero-order valence-electron chi connectivity index (χ0n) is 19.6. The van der Waals surface area contributed by atoms with Crippen LogP contribution in [0.5, 0.6) is 0 Å². The summed E-state index contributed by atoms with van der Waals surface area (Å²) in [6.45, 7) is 2.69. The highest BCUT2D eigenvalue weighted by molar-refractivity contribution is 6.09. The Kier molecular flexibility index (Phi) is 6.39. The minimum Gasteiger partial charge on any atom is -0.351 e. The van der Waals surface area contributed by atoms with Gasteiger partial charge in [0.2, 0.25) is 11.8 Å². The number of carbonyl (C=O) groups is 3. The third-order valence-corrected chi connectivity index (χ3v) is 6.19. The van der Waals surface area contributed by atoms with Crippen LogP contribution in [0.1, 0.15) is 31.0 Å². The first-order chi connectivity index (χ1) is 16.6. The van der Waals surface area contributed by atoms with Crippen molar-refractivity contribution in [3.8, 4) is 11.1 Å². The van der Waals surface area contributed by atoms with Crippen molar-refractivity contribution in [1.82, 2.24) is 10.6 Å². The van der Waals surface area contributed by atoms with Crippen molar-refractivity contribution in [3.63, 3.8) is 0 Å². The predicted molar refractivity (Wildman–Crippen MR) is 128 cm³/mol. The molecule has 0 saturated carbocycles. The van der Waals surface area contributed by atoms with Crippen LogP contribution < -0.4 is 15.5 Å². The average molecular weight is 478 g/mol. The van der Waals surface area contributed by atoms with Crippen LogP contribution in [0.2, 0.25) is 0 Å². The molecule has 0 radical (unpaired) electrons. The Morgan fingerprint density at radius 2 is 1.51 bits per heavy atom. The van der Waals surface area contributed by atoms with Gasteiger partial charge in [-0.3, -0.25) is 14.4 Å². The molecule has 0 saturated heterocycles. The lowest BCUT2D eigenvalue weighted by Crippen LogP contribution is -2.51. The second kappa shape index (κ2) is 9.29. The van der Waals surface area contributed by atoms with E-state index in [0.717, 1.165) is 29.3 Å². The molecular formula is C27H25F2N3O3. The number of likely N-dealkylation sites (N-methyl/N-ethyl adjacent to an activating group) is 1. The number of carbonyl (C=O) groups excluding carboxylic acids is 3. The van der Waals surface area contributed by atoms with Crippen molar-refractivity contribution in [2.24, 2.45) is 5.41 Å². The van der Waals surface area contributed by atoms with Crippen LogP contribution in [-0.2, 0) is 20.9 Å². The highest BCUT2D eigenvalue weighted by Crippen LogP contribution is 2.39. The molecule has 2 N–H and O–H groups in total. The number of amides is 3. The third-order valence-electron chi connectivity index (χ3n) is 6.19. The molecule has 0 aliphatic carbocycles. The lowest BCUT2D eigenvalue weighted by Gasteiger charge is -2.28. The minimum atomic E-state index is -1.57. The first-order valence-corrected chi connectivity index (χ1v) is 11.1. The van der Waals surface area contributed by atoms with Gasteiger partial charge in [-0.05, 0) is 48.7 Å². The Labute approximate surface area is 201 Å². The summed E-state index contributed by atoms with van der Waals surface area (Å²) in [4.78, 5) is 41.1. The number of benzene rings is 3. The van der Waals surface area contributed by atoms with E-state index in [1.54, 1.807) is 19.2 Å². The van der Waals surface area contributed by atoms with Crippen LogP contribution in [0, 0.1) is 17.0 Å². The van der Waals surface area contributed by atoms with Crippen LogP contribution in [0.25, 0.3) is 11.1 Å². The smallest absolute Gasteiger partial charge is 0.253 e. The molecule has 1 heterocycles. The largest absolute Gasteiger partial charge is 0.351 e. The molecule has 1 aliphatic heterocycles. The highest BCUT2D eigenvalue weighted by atomic mass is 19.1. The fraction of sp³-hybridized carbons (Fsp3) is 0.222. The summed E-state index contributed by atoms with van der Waals surface area (Å²) in [5.74, 6) is -3.18. The van der Waals surface area contributed by atoms with Crippen molar-refractivity contribution >= 4 is 23.4 Å². The molecular weight excluding hydrogens is 452 g/mol. The number of fused-ring (bicyclic) bond motifs is 3. The normalized spacial score (nSPS) is 15.1. The summed E-state index contributed by atoms with van der Waals surface area (Å²) in [6.07, 6.45) is 0. The van der Waals surface area contributed by atoms with Crippen molar-refractivity contribution in [2.45, 2.75) is 26.4 Å². The maximum Gasteiger partial charge on any atom is 0.253 e. The molecule has 3 amide bonds. The van der Waals surface area contributed by atoms with Crippen molar-refractivity contribution in [1.29, 1.82) is 0 Å². The van der Waals surface area contributed by atoms with Crippen LogP contribution in [-0.4, -0.2) is 24.8 Å². The van der Waals surface area contributed by atoms with Crippen molar-refractivity contribution < 1.29 is 23.2 Å². The van der Waals surface area contributed by atoms with E-state index in [9.17, 15) is 23.2 Å². The molecule has 1 atom stereocenters. The quantitative estimate of drug-likeness (QED) is 0.543. The van der Waals surface area contributed by atoms with Gasteiger partial charge in [0, 0.05) is 25.2 Å². The van der Waals surface area contributed by atoms with Crippen LogP contribution in [0.3, 0.4) is 0 Å². The Balaban J connectivity index is 1.57. The number of halogens is 2. The molecule has 0 spiro atoms. The fourth-order valence-electron chi connectivity index (χ4n) is 4.10. The molecule has 6 nitrogen and oxygen atoms in total. The van der Waals surface area contributed by atoms with Gasteiger partial charge in [0.15, 0.2) is 0 Å². The van der Waals surface area contributed by atoms with E-state index in [2.05, 4.69) is 10.6 Å². The predicted octanol–water partition coefficient (Wildman–Crippen LogP) is 4.11. The zero-order chi connectivity index (χ0) is 25.3. The summed E-state index contributed by atoms with van der Waals surface area (Å²) in [5.41, 5.74) is 1.64. The van der Waals surface area contributed by atoms with Crippen LogP contribution in [0.4, 0.5) is 14.5 Å². The van der Waals surface area contributed by atoms with Crippen LogP contribution in [0.15, 0.2) is 66.7 Å². The maximum atomic E-state index is 13.4. The molecule has 35 heavy (non-hydrogen) atoms. The van der Waals surface area contributed by atoms with Gasteiger partial charge in [-0.2, -0.15) is 0 Å². The number of anilines is 1. The molecule has 0 aromatic heterocycles. The van der Waals surface area contributed by atoms with Gasteiger partial charge < -0.3 is 15.5 Å². The van der Waals surface area contributed by atoms with Crippen molar-refractivity contribution in [2.75, 3.05) is 11.9 Å². The van der Waals surface area contributed by atoms with Gasteiger partial charge in [-0.25, -0.2) is 8.78 Å². The van der Waals surface area contributed by atoms with Gasteiger partial charge in [0.1, 0.15) is 23.1 Å². The topological polar surface area (TPSA) is 78.5 Å². The fourth-order valence-corrected chi connectivity index (χ4v) is 4.10. The van der Waals surface area contributed by atoms with E-state index in [0.29, 0.717) is 11.3 Å². The summed E-state index contributed by atoms with van der Waals surface area (Å²) in [7, 11) is 1.64. The molecule has 1 unspecified atom stereocenters. The number of hydrogen-bond acceptors (Lipinski definition) is 3. The molecule has 0 bridgehead atoms. The first-order valence-electron chi connectivity index (χ1n) is 11.1. The lowest BCUT2D eigenvalue weighted by atomic mass is 9.89. The number of hydrogen-bond donors (Lipinski definition) is 2. The molecule has 8 heteroatoms. The van der Waals surface area contributed by atoms with E-state index in [1.807, 2.05) is 36.4 Å². The van der Waals surface area contributed by atoms with E-state index in [1.165, 1.54) is 18.7 Å². The SMILES string of the molecule is CN1C(=O)C(NC(=O)C(C)(C)C(=O)NCc2cc(F)cc(F)c2)c2ccccc2-c2ccccc21. The number of nitrogens with zero attached hydrogens (tertiary/aromatic N) is 1. The Morgan fingerprint density at radius 1 is 0.914 bits per heavy atom. The van der Waals surface area contributed by atoms with Gasteiger partial charge in [-0.1, -0.05) is 42.5 Å². The Bertz CT molecular complexity index is 1300. The van der Waals surface area contributed by atoms with Crippen LogP contribution >= 0.6 is 0 Å². The monoisotopic (exact) mass is 477 g/mol.